The van der Waals surface area contributed by atoms with Crippen LogP contribution in [0.1, 0.15) is 20.7 Å². The molecule has 6 heteroatoms. The van der Waals surface area contributed by atoms with Gasteiger partial charge in [-0.25, -0.2) is 4.79 Å². The Morgan fingerprint density at radius 2 is 2.06 bits per heavy atom. The fourth-order valence-corrected chi connectivity index (χ4v) is 1.13. The molecule has 0 amide bonds. The molecular weight excluding hydrogens is 274 g/mol. The van der Waals surface area contributed by atoms with Gasteiger partial charge in [-0.05, 0) is 12.1 Å². The SMILES string of the molecule is O=Cc1cccc(C(=O)OCC(Cl)(Cl)Cl)c1. The monoisotopic (exact) mass is 280 g/mol. The van der Waals surface area contributed by atoms with Gasteiger partial charge in [0.05, 0.1) is 5.56 Å². The highest BCUT2D eigenvalue weighted by atomic mass is 35.6. The third kappa shape index (κ3) is 4.39. The summed E-state index contributed by atoms with van der Waals surface area (Å²) in [6.07, 6.45) is 0.631. The number of carbonyl (C=O) groups excluding carboxylic acids is 2. The Hall–Kier alpha value is -0.770. The topological polar surface area (TPSA) is 43.4 Å². The van der Waals surface area contributed by atoms with Crippen molar-refractivity contribution in [2.75, 3.05) is 6.61 Å². The highest BCUT2D eigenvalue weighted by Crippen LogP contribution is 2.26. The molecule has 0 heterocycles. The molecule has 0 aromatic heterocycles. The Bertz CT molecular complexity index is 399. The molecule has 0 bridgehead atoms. The van der Waals surface area contributed by atoms with Crippen LogP contribution in [0.4, 0.5) is 0 Å². The molecule has 3 nitrogen and oxygen atoms in total. The predicted octanol–water partition coefficient (Wildman–Crippen LogP) is 3.03. The molecular formula is C10H7Cl3O3. The molecule has 0 spiro atoms. The Kier molecular flexibility index (Phi) is 4.59. The van der Waals surface area contributed by atoms with Crippen molar-refractivity contribution in [2.45, 2.75) is 3.79 Å². The molecule has 0 saturated carbocycles. The fourth-order valence-electron chi connectivity index (χ4n) is 0.970. The van der Waals surface area contributed by atoms with Crippen molar-refractivity contribution in [3.05, 3.63) is 35.4 Å². The number of ether oxygens (including phenoxy) is 1. The lowest BCUT2D eigenvalue weighted by Crippen LogP contribution is -2.17. The van der Waals surface area contributed by atoms with Gasteiger partial charge in [-0.1, -0.05) is 46.9 Å². The Morgan fingerprint density at radius 3 is 2.62 bits per heavy atom. The van der Waals surface area contributed by atoms with E-state index >= 15 is 0 Å². The highest BCUT2D eigenvalue weighted by Gasteiger charge is 2.22. The van der Waals surface area contributed by atoms with Crippen molar-refractivity contribution >= 4 is 47.1 Å². The Balaban J connectivity index is 2.69. The zero-order chi connectivity index (χ0) is 12.2. The minimum atomic E-state index is -1.64. The van der Waals surface area contributed by atoms with Crippen molar-refractivity contribution < 1.29 is 14.3 Å². The summed E-state index contributed by atoms with van der Waals surface area (Å²) in [5, 5.41) is 0. The first-order chi connectivity index (χ1) is 7.42. The van der Waals surface area contributed by atoms with Crippen molar-refractivity contribution in [2.24, 2.45) is 0 Å². The molecule has 86 valence electrons. The van der Waals surface area contributed by atoms with E-state index in [1.54, 1.807) is 12.1 Å². The van der Waals surface area contributed by atoms with Crippen LogP contribution in [0.5, 0.6) is 0 Å². The number of halogens is 3. The van der Waals surface area contributed by atoms with Crippen LogP contribution in [0.2, 0.25) is 0 Å². The van der Waals surface area contributed by atoms with Crippen LogP contribution in [0.25, 0.3) is 0 Å². The number of hydrogen-bond donors (Lipinski definition) is 0. The maximum Gasteiger partial charge on any atom is 0.338 e. The van der Waals surface area contributed by atoms with E-state index in [1.165, 1.54) is 12.1 Å². The fraction of sp³-hybridized carbons (Fsp3) is 0.200. The standard InChI is InChI=1S/C10H7Cl3O3/c11-10(12,13)6-16-9(15)8-3-1-2-7(4-8)5-14/h1-5H,6H2. The van der Waals surface area contributed by atoms with E-state index in [1.807, 2.05) is 0 Å². The summed E-state index contributed by atoms with van der Waals surface area (Å²) in [5.74, 6) is -0.643. The van der Waals surface area contributed by atoms with Gasteiger partial charge in [0.1, 0.15) is 12.9 Å². The highest BCUT2D eigenvalue weighted by molar-refractivity contribution is 6.67. The van der Waals surface area contributed by atoms with Crippen molar-refractivity contribution in [3.63, 3.8) is 0 Å². The molecule has 1 aromatic carbocycles. The van der Waals surface area contributed by atoms with Crippen molar-refractivity contribution in [1.82, 2.24) is 0 Å². The zero-order valence-corrected chi connectivity index (χ0v) is 10.2. The third-order valence-electron chi connectivity index (χ3n) is 1.63. The number of carbonyl (C=O) groups is 2. The molecule has 0 fully saturated rings. The number of aldehydes is 1. The largest absolute Gasteiger partial charge is 0.458 e. The van der Waals surface area contributed by atoms with E-state index in [4.69, 9.17) is 39.5 Å². The van der Waals surface area contributed by atoms with Crippen LogP contribution in [-0.2, 0) is 4.74 Å². The average Bonchev–Trinajstić information content (AvgIpc) is 2.25. The van der Waals surface area contributed by atoms with Gasteiger partial charge in [-0.15, -0.1) is 0 Å². The van der Waals surface area contributed by atoms with Gasteiger partial charge in [0.25, 0.3) is 0 Å². The van der Waals surface area contributed by atoms with Gasteiger partial charge in [0.15, 0.2) is 0 Å². The molecule has 0 aliphatic carbocycles. The Morgan fingerprint density at radius 1 is 1.38 bits per heavy atom. The summed E-state index contributed by atoms with van der Waals surface area (Å²) in [7, 11) is 0. The Labute approximate surface area is 107 Å². The number of rotatable bonds is 3. The second-order valence-electron chi connectivity index (χ2n) is 2.93. The van der Waals surface area contributed by atoms with Gasteiger partial charge in [0, 0.05) is 5.56 Å². The van der Waals surface area contributed by atoms with Crippen LogP contribution in [-0.4, -0.2) is 22.7 Å². The first-order valence-electron chi connectivity index (χ1n) is 4.21. The molecule has 0 atom stereocenters. The molecule has 0 aliphatic rings. The quantitative estimate of drug-likeness (QED) is 0.486. The summed E-state index contributed by atoms with van der Waals surface area (Å²) in [4.78, 5) is 21.9. The molecule has 0 saturated heterocycles. The minimum absolute atomic E-state index is 0.235. The second-order valence-corrected chi connectivity index (χ2v) is 5.45. The van der Waals surface area contributed by atoms with Gasteiger partial charge in [-0.2, -0.15) is 0 Å². The summed E-state index contributed by atoms with van der Waals surface area (Å²) in [6.45, 7) is -0.345. The average molecular weight is 282 g/mol. The van der Waals surface area contributed by atoms with Gasteiger partial charge < -0.3 is 4.74 Å². The maximum absolute atomic E-state index is 11.4. The van der Waals surface area contributed by atoms with Gasteiger partial charge in [0.2, 0.25) is 3.79 Å². The first kappa shape index (κ1) is 13.3. The van der Waals surface area contributed by atoms with Crippen molar-refractivity contribution in [1.29, 1.82) is 0 Å². The number of alkyl halides is 3. The van der Waals surface area contributed by atoms with E-state index in [0.717, 1.165) is 0 Å². The van der Waals surface area contributed by atoms with E-state index in [2.05, 4.69) is 0 Å². The lowest BCUT2D eigenvalue weighted by molar-refractivity contribution is 0.0512. The summed E-state index contributed by atoms with van der Waals surface area (Å²) < 4.78 is 3.10. The van der Waals surface area contributed by atoms with Crippen LogP contribution in [0, 0.1) is 0 Å². The van der Waals surface area contributed by atoms with E-state index in [-0.39, 0.29) is 12.2 Å². The van der Waals surface area contributed by atoms with E-state index in [9.17, 15) is 9.59 Å². The molecule has 16 heavy (non-hydrogen) atoms. The second kappa shape index (κ2) is 5.53. The van der Waals surface area contributed by atoms with Crippen LogP contribution >= 0.6 is 34.8 Å². The van der Waals surface area contributed by atoms with Gasteiger partial charge >= 0.3 is 5.97 Å². The third-order valence-corrected chi connectivity index (χ3v) is 1.95. The summed E-state index contributed by atoms with van der Waals surface area (Å²) >= 11 is 16.3. The van der Waals surface area contributed by atoms with Gasteiger partial charge in [-0.3, -0.25) is 4.79 Å². The molecule has 0 radical (unpaired) electrons. The number of benzene rings is 1. The molecule has 0 N–H and O–H groups in total. The van der Waals surface area contributed by atoms with E-state index < -0.39 is 9.76 Å². The van der Waals surface area contributed by atoms with Crippen LogP contribution in [0.3, 0.4) is 0 Å². The smallest absolute Gasteiger partial charge is 0.338 e. The van der Waals surface area contributed by atoms with Crippen LogP contribution in [0.15, 0.2) is 24.3 Å². The van der Waals surface area contributed by atoms with E-state index in [0.29, 0.717) is 11.8 Å². The maximum atomic E-state index is 11.4. The summed E-state index contributed by atoms with van der Waals surface area (Å²) in [5.41, 5.74) is 0.613. The molecule has 1 rings (SSSR count). The number of hydrogen-bond acceptors (Lipinski definition) is 3. The minimum Gasteiger partial charge on any atom is -0.458 e. The lowest BCUT2D eigenvalue weighted by atomic mass is 10.1. The zero-order valence-electron chi connectivity index (χ0n) is 7.95. The molecule has 1 aromatic rings. The predicted molar refractivity (Wildman–Crippen MR) is 62.4 cm³/mol. The summed E-state index contributed by atoms with van der Waals surface area (Å²) in [6, 6.07) is 6.04. The lowest BCUT2D eigenvalue weighted by Gasteiger charge is -2.11. The van der Waals surface area contributed by atoms with Crippen LogP contribution < -0.4 is 0 Å². The molecule has 0 unspecified atom stereocenters. The first-order valence-corrected chi connectivity index (χ1v) is 5.35. The normalized spacial score (nSPS) is 10.9. The number of esters is 1. The molecule has 0 aliphatic heterocycles. The van der Waals surface area contributed by atoms with Crippen molar-refractivity contribution in [3.8, 4) is 0 Å².